The van der Waals surface area contributed by atoms with E-state index < -0.39 is 17.4 Å². The molecule has 0 aromatic heterocycles. The third-order valence-corrected chi connectivity index (χ3v) is 5.21. The Morgan fingerprint density at radius 1 is 1.05 bits per heavy atom. The zero-order chi connectivity index (χ0) is 14.2. The van der Waals surface area contributed by atoms with Crippen LogP contribution in [-0.4, -0.2) is 26.2 Å². The van der Waals surface area contributed by atoms with Crippen LogP contribution in [0, 0.1) is 29.1 Å². The molecule has 0 N–H and O–H groups in total. The number of hydrogen-bond acceptors (Lipinski definition) is 4. The first-order valence-corrected chi connectivity index (χ1v) is 7.15. The van der Waals surface area contributed by atoms with Gasteiger partial charge in [0.15, 0.2) is 5.41 Å². The molecule has 3 atom stereocenters. The molecule has 0 heterocycles. The van der Waals surface area contributed by atoms with Crippen LogP contribution in [0.25, 0.3) is 0 Å². The van der Waals surface area contributed by atoms with Crippen molar-refractivity contribution in [1.29, 1.82) is 0 Å². The molecule has 108 valence electrons. The van der Waals surface area contributed by atoms with E-state index in [0.717, 1.165) is 25.7 Å². The Hall–Kier alpha value is -1.06. The molecule has 2 bridgehead atoms. The van der Waals surface area contributed by atoms with Gasteiger partial charge in [-0.25, -0.2) is 0 Å². The maximum absolute atomic E-state index is 12.5. The fourth-order valence-electron chi connectivity index (χ4n) is 4.41. The first kappa shape index (κ1) is 14.4. The summed E-state index contributed by atoms with van der Waals surface area (Å²) in [5.41, 5.74) is -1.08. The highest BCUT2D eigenvalue weighted by molar-refractivity contribution is 6.01. The summed E-state index contributed by atoms with van der Waals surface area (Å²) < 4.78 is 10.0. The van der Waals surface area contributed by atoms with Crippen LogP contribution >= 0.6 is 0 Å². The van der Waals surface area contributed by atoms with Crippen LogP contribution in [0.1, 0.15) is 39.5 Å². The number of esters is 2. The standard InChI is InChI=1S/C15H24O4/c1-9(2)12-8-10-5-6-11(7-10)15(12,13(16)18-3)14(17)19-4/h9-12H,5-8H2,1-4H3/t10-,11+,12+/m0/s1. The van der Waals surface area contributed by atoms with Crippen LogP contribution in [0.2, 0.25) is 0 Å². The van der Waals surface area contributed by atoms with Crippen molar-refractivity contribution < 1.29 is 19.1 Å². The van der Waals surface area contributed by atoms with Gasteiger partial charge in [0, 0.05) is 0 Å². The minimum absolute atomic E-state index is 0.0265. The predicted octanol–water partition coefficient (Wildman–Crippen LogP) is 2.41. The van der Waals surface area contributed by atoms with Gasteiger partial charge < -0.3 is 9.47 Å². The van der Waals surface area contributed by atoms with Gasteiger partial charge in [-0.3, -0.25) is 9.59 Å². The summed E-state index contributed by atoms with van der Waals surface area (Å²) in [4.78, 5) is 24.9. The van der Waals surface area contributed by atoms with Gasteiger partial charge in [-0.15, -0.1) is 0 Å². The lowest BCUT2D eigenvalue weighted by molar-refractivity contribution is -0.184. The largest absolute Gasteiger partial charge is 0.468 e. The molecule has 0 radical (unpaired) electrons. The van der Waals surface area contributed by atoms with Crippen LogP contribution < -0.4 is 0 Å². The molecule has 2 rings (SSSR count). The molecular weight excluding hydrogens is 244 g/mol. The molecule has 2 fully saturated rings. The summed E-state index contributed by atoms with van der Waals surface area (Å²) >= 11 is 0. The number of carbonyl (C=O) groups excluding carboxylic acids is 2. The number of rotatable bonds is 3. The molecular formula is C15H24O4. The average Bonchev–Trinajstić information content (AvgIpc) is 2.80. The summed E-state index contributed by atoms with van der Waals surface area (Å²) in [5, 5.41) is 0. The highest BCUT2D eigenvalue weighted by Crippen LogP contribution is 2.58. The third kappa shape index (κ3) is 1.96. The maximum Gasteiger partial charge on any atom is 0.323 e. The number of hydrogen-bond donors (Lipinski definition) is 0. The molecule has 0 unspecified atom stereocenters. The molecule has 2 aliphatic carbocycles. The number of methoxy groups -OCH3 is 2. The lowest BCUT2D eigenvalue weighted by Crippen LogP contribution is -2.55. The van der Waals surface area contributed by atoms with Crippen molar-refractivity contribution in [3.63, 3.8) is 0 Å². The van der Waals surface area contributed by atoms with E-state index in [-0.39, 0.29) is 17.8 Å². The molecule has 4 heteroatoms. The van der Waals surface area contributed by atoms with Gasteiger partial charge in [0.1, 0.15) is 0 Å². The molecule has 2 saturated carbocycles. The second-order valence-corrected chi connectivity index (χ2v) is 6.31. The molecule has 0 spiro atoms. The number of carbonyl (C=O) groups is 2. The molecule has 0 saturated heterocycles. The van der Waals surface area contributed by atoms with Crippen LogP contribution in [0.15, 0.2) is 0 Å². The van der Waals surface area contributed by atoms with Gasteiger partial charge in [0.05, 0.1) is 14.2 Å². The summed E-state index contributed by atoms with van der Waals surface area (Å²) in [6.45, 7) is 4.16. The fraction of sp³-hybridized carbons (Fsp3) is 0.867. The first-order valence-electron chi connectivity index (χ1n) is 7.15. The van der Waals surface area contributed by atoms with E-state index in [2.05, 4.69) is 13.8 Å². The van der Waals surface area contributed by atoms with E-state index in [1.165, 1.54) is 14.2 Å². The maximum atomic E-state index is 12.5. The Bertz CT molecular complexity index is 358. The van der Waals surface area contributed by atoms with E-state index in [1.54, 1.807) is 0 Å². The zero-order valence-corrected chi connectivity index (χ0v) is 12.3. The first-order chi connectivity index (χ1) is 8.98. The topological polar surface area (TPSA) is 52.6 Å². The second-order valence-electron chi connectivity index (χ2n) is 6.31. The van der Waals surface area contributed by atoms with Crippen LogP contribution in [0.5, 0.6) is 0 Å². The second kappa shape index (κ2) is 5.14. The highest BCUT2D eigenvalue weighted by Gasteiger charge is 2.64. The molecule has 4 nitrogen and oxygen atoms in total. The monoisotopic (exact) mass is 268 g/mol. The normalized spacial score (nSPS) is 32.2. The Kier molecular flexibility index (Phi) is 3.88. The van der Waals surface area contributed by atoms with Crippen molar-refractivity contribution in [2.75, 3.05) is 14.2 Å². The van der Waals surface area contributed by atoms with Gasteiger partial charge in [-0.05, 0) is 42.9 Å². The SMILES string of the molecule is COC(=O)C1(C(=O)OC)[C@@H]2CC[C@@H](C2)C[C@@H]1C(C)C. The quantitative estimate of drug-likeness (QED) is 0.582. The van der Waals surface area contributed by atoms with E-state index >= 15 is 0 Å². The predicted molar refractivity (Wildman–Crippen MR) is 70.2 cm³/mol. The van der Waals surface area contributed by atoms with Crippen LogP contribution in [0.4, 0.5) is 0 Å². The van der Waals surface area contributed by atoms with Crippen molar-refractivity contribution in [3.8, 4) is 0 Å². The van der Waals surface area contributed by atoms with E-state index in [9.17, 15) is 9.59 Å². The third-order valence-electron chi connectivity index (χ3n) is 5.21. The van der Waals surface area contributed by atoms with Crippen molar-refractivity contribution >= 4 is 11.9 Å². The van der Waals surface area contributed by atoms with Gasteiger partial charge in [0.2, 0.25) is 0 Å². The van der Waals surface area contributed by atoms with Crippen LogP contribution in [-0.2, 0) is 19.1 Å². The summed E-state index contributed by atoms with van der Waals surface area (Å²) in [6.07, 6.45) is 3.92. The summed E-state index contributed by atoms with van der Waals surface area (Å²) in [7, 11) is 2.73. The summed E-state index contributed by atoms with van der Waals surface area (Å²) in [5.74, 6) is 0.227. The minimum Gasteiger partial charge on any atom is -0.468 e. The Morgan fingerprint density at radius 3 is 2.11 bits per heavy atom. The van der Waals surface area contributed by atoms with E-state index in [0.29, 0.717) is 5.92 Å². The molecule has 0 amide bonds. The van der Waals surface area contributed by atoms with E-state index in [1.807, 2.05) is 0 Å². The van der Waals surface area contributed by atoms with Crippen molar-refractivity contribution in [2.24, 2.45) is 29.1 Å². The average molecular weight is 268 g/mol. The zero-order valence-electron chi connectivity index (χ0n) is 12.3. The van der Waals surface area contributed by atoms with Gasteiger partial charge >= 0.3 is 11.9 Å². The Morgan fingerprint density at radius 2 is 1.63 bits per heavy atom. The minimum atomic E-state index is -1.08. The molecule has 19 heavy (non-hydrogen) atoms. The highest BCUT2D eigenvalue weighted by atomic mass is 16.5. The van der Waals surface area contributed by atoms with Crippen LogP contribution in [0.3, 0.4) is 0 Å². The van der Waals surface area contributed by atoms with Crippen molar-refractivity contribution in [3.05, 3.63) is 0 Å². The molecule has 0 aromatic rings. The van der Waals surface area contributed by atoms with Crippen molar-refractivity contribution in [1.82, 2.24) is 0 Å². The smallest absolute Gasteiger partial charge is 0.323 e. The lowest BCUT2D eigenvalue weighted by Gasteiger charge is -2.45. The Balaban J connectivity index is 2.51. The Labute approximate surface area is 114 Å². The summed E-state index contributed by atoms with van der Waals surface area (Å²) in [6, 6.07) is 0. The fourth-order valence-corrected chi connectivity index (χ4v) is 4.41. The van der Waals surface area contributed by atoms with Gasteiger partial charge in [-0.2, -0.15) is 0 Å². The lowest BCUT2D eigenvalue weighted by atomic mass is 9.57. The van der Waals surface area contributed by atoms with Crippen molar-refractivity contribution in [2.45, 2.75) is 39.5 Å². The van der Waals surface area contributed by atoms with Gasteiger partial charge in [0.25, 0.3) is 0 Å². The molecule has 0 aromatic carbocycles. The molecule has 2 aliphatic rings. The van der Waals surface area contributed by atoms with Gasteiger partial charge in [-0.1, -0.05) is 20.3 Å². The van der Waals surface area contributed by atoms with E-state index in [4.69, 9.17) is 9.47 Å². The number of ether oxygens (including phenoxy) is 2. The number of fused-ring (bicyclic) bond motifs is 2. The molecule has 0 aliphatic heterocycles.